The van der Waals surface area contributed by atoms with Crippen molar-refractivity contribution in [1.82, 2.24) is 13.9 Å². The number of aliphatic hydroxyl groups excluding tert-OH is 1. The average molecular weight is 392 g/mol. The van der Waals surface area contributed by atoms with Gasteiger partial charge >= 0.3 is 5.69 Å². The average Bonchev–Trinajstić information content (AvgIpc) is 3.35. The third kappa shape index (κ3) is 2.97. The maximum atomic E-state index is 12.7. The number of nitrogens with one attached hydrogen (secondary N) is 1. The van der Waals surface area contributed by atoms with Crippen molar-refractivity contribution < 1.29 is 13.5 Å². The highest BCUT2D eigenvalue weighted by molar-refractivity contribution is 7.89. The van der Waals surface area contributed by atoms with E-state index >= 15 is 0 Å². The normalized spacial score (nSPS) is 21.9. The van der Waals surface area contributed by atoms with Gasteiger partial charge in [0.05, 0.1) is 21.9 Å². The van der Waals surface area contributed by atoms with Gasteiger partial charge < -0.3 is 5.11 Å². The van der Waals surface area contributed by atoms with Gasteiger partial charge in [0.1, 0.15) is 5.54 Å². The Balaban J connectivity index is 2.16. The molecule has 1 aromatic heterocycles. The summed E-state index contributed by atoms with van der Waals surface area (Å²) in [6.07, 6.45) is 0.227. The molecule has 3 rings (SSSR count). The maximum absolute atomic E-state index is 12.7. The van der Waals surface area contributed by atoms with Gasteiger partial charge in [0.15, 0.2) is 0 Å². The van der Waals surface area contributed by atoms with Gasteiger partial charge in [-0.05, 0) is 38.5 Å². The van der Waals surface area contributed by atoms with Crippen molar-refractivity contribution in [1.29, 1.82) is 5.26 Å². The van der Waals surface area contributed by atoms with Crippen LogP contribution in [0.4, 0.5) is 0 Å². The first kappa shape index (κ1) is 19.3. The Hall–Kier alpha value is -2.48. The van der Waals surface area contributed by atoms with E-state index in [4.69, 9.17) is 0 Å². The number of aromatic nitrogens is 2. The van der Waals surface area contributed by atoms with Crippen LogP contribution in [0.5, 0.6) is 0 Å². The summed E-state index contributed by atoms with van der Waals surface area (Å²) in [5.41, 5.74) is -1.98. The summed E-state index contributed by atoms with van der Waals surface area (Å²) < 4.78 is 30.2. The van der Waals surface area contributed by atoms with E-state index < -0.39 is 32.7 Å². The van der Waals surface area contributed by atoms with E-state index in [1.807, 2.05) is 6.07 Å². The predicted molar refractivity (Wildman–Crippen MR) is 97.7 cm³/mol. The SMILES string of the molecule is CCn1c(=O)c2cc(S(=O)(=O)N[C@@]3(C#N)C[C@@H]3CO)ccc2n(CC)c1=O. The first-order valence-corrected chi connectivity index (χ1v) is 10.1. The number of sulfonamides is 1. The van der Waals surface area contributed by atoms with E-state index in [9.17, 15) is 28.4 Å². The molecule has 0 unspecified atom stereocenters. The molecule has 2 aromatic rings. The van der Waals surface area contributed by atoms with E-state index in [1.165, 1.54) is 22.8 Å². The summed E-state index contributed by atoms with van der Waals surface area (Å²) in [5.74, 6) is -0.458. The number of rotatable bonds is 6. The molecule has 144 valence electrons. The van der Waals surface area contributed by atoms with Crippen LogP contribution in [-0.2, 0) is 23.1 Å². The fourth-order valence-electron chi connectivity index (χ4n) is 3.29. The summed E-state index contributed by atoms with van der Waals surface area (Å²) in [5, 5.41) is 18.6. The Kier molecular flexibility index (Phi) is 4.71. The van der Waals surface area contributed by atoms with Gasteiger partial charge in [-0.3, -0.25) is 13.9 Å². The van der Waals surface area contributed by atoms with E-state index in [0.717, 1.165) is 4.57 Å². The van der Waals surface area contributed by atoms with Crippen molar-refractivity contribution in [2.24, 2.45) is 5.92 Å². The van der Waals surface area contributed by atoms with Crippen molar-refractivity contribution in [2.45, 2.75) is 43.8 Å². The molecule has 27 heavy (non-hydrogen) atoms. The zero-order valence-electron chi connectivity index (χ0n) is 15.0. The van der Waals surface area contributed by atoms with E-state index in [2.05, 4.69) is 4.72 Å². The highest BCUT2D eigenvalue weighted by atomic mass is 32.2. The Morgan fingerprint density at radius 2 is 1.96 bits per heavy atom. The quantitative estimate of drug-likeness (QED) is 0.696. The molecule has 0 bridgehead atoms. The summed E-state index contributed by atoms with van der Waals surface area (Å²) in [7, 11) is -4.09. The molecule has 1 saturated carbocycles. The van der Waals surface area contributed by atoms with Crippen molar-refractivity contribution in [3.63, 3.8) is 0 Å². The molecule has 0 amide bonds. The molecule has 2 N–H and O–H groups in total. The second kappa shape index (κ2) is 6.60. The lowest BCUT2D eigenvalue weighted by atomic mass is 10.2. The Labute approximate surface area is 155 Å². The molecule has 10 heteroatoms. The van der Waals surface area contributed by atoms with Gasteiger partial charge in [0.2, 0.25) is 10.0 Å². The number of fused-ring (bicyclic) bond motifs is 1. The zero-order valence-corrected chi connectivity index (χ0v) is 15.8. The number of nitriles is 1. The molecular weight excluding hydrogens is 372 g/mol. The van der Waals surface area contributed by atoms with Crippen LogP contribution < -0.4 is 16.0 Å². The molecule has 2 atom stereocenters. The largest absolute Gasteiger partial charge is 0.396 e. The second-order valence-corrected chi connectivity index (χ2v) is 8.21. The van der Waals surface area contributed by atoms with Gasteiger partial charge in [0.25, 0.3) is 5.56 Å². The summed E-state index contributed by atoms with van der Waals surface area (Å²) in [4.78, 5) is 24.8. The van der Waals surface area contributed by atoms with Crippen LogP contribution in [0.3, 0.4) is 0 Å². The fraction of sp³-hybridized carbons (Fsp3) is 0.471. The molecule has 0 aliphatic heterocycles. The van der Waals surface area contributed by atoms with Gasteiger partial charge in [-0.2, -0.15) is 9.98 Å². The molecule has 0 spiro atoms. The minimum atomic E-state index is -4.09. The zero-order chi connectivity index (χ0) is 20.0. The molecule has 1 heterocycles. The van der Waals surface area contributed by atoms with Crippen molar-refractivity contribution in [3.8, 4) is 6.07 Å². The van der Waals surface area contributed by atoms with Crippen LogP contribution >= 0.6 is 0 Å². The minimum absolute atomic E-state index is 0.113. The molecule has 1 aliphatic rings. The van der Waals surface area contributed by atoms with Gasteiger partial charge in [-0.1, -0.05) is 0 Å². The topological polar surface area (TPSA) is 134 Å². The number of aliphatic hydroxyl groups is 1. The number of benzene rings is 1. The van der Waals surface area contributed by atoms with Crippen molar-refractivity contribution >= 4 is 20.9 Å². The van der Waals surface area contributed by atoms with E-state index in [1.54, 1.807) is 13.8 Å². The number of hydrogen-bond acceptors (Lipinski definition) is 6. The second-order valence-electron chi connectivity index (χ2n) is 6.53. The van der Waals surface area contributed by atoms with Gasteiger partial charge in [-0.25, -0.2) is 13.2 Å². The first-order valence-electron chi connectivity index (χ1n) is 8.58. The highest BCUT2D eigenvalue weighted by Gasteiger charge is 2.57. The van der Waals surface area contributed by atoms with Gasteiger partial charge in [0, 0.05) is 25.6 Å². The Morgan fingerprint density at radius 3 is 2.48 bits per heavy atom. The van der Waals surface area contributed by atoms with Crippen molar-refractivity contribution in [3.05, 3.63) is 39.0 Å². The fourth-order valence-corrected chi connectivity index (χ4v) is 4.70. The Bertz CT molecular complexity index is 1170. The lowest BCUT2D eigenvalue weighted by Crippen LogP contribution is -2.40. The summed E-state index contributed by atoms with van der Waals surface area (Å²) in [6, 6.07) is 5.85. The van der Waals surface area contributed by atoms with E-state index in [-0.39, 0.29) is 29.9 Å². The molecule has 9 nitrogen and oxygen atoms in total. The smallest absolute Gasteiger partial charge is 0.331 e. The minimum Gasteiger partial charge on any atom is -0.396 e. The van der Waals surface area contributed by atoms with Gasteiger partial charge in [-0.15, -0.1) is 0 Å². The summed E-state index contributed by atoms with van der Waals surface area (Å²) >= 11 is 0. The van der Waals surface area contributed by atoms with Crippen LogP contribution in [0.15, 0.2) is 32.7 Å². The molecular formula is C17H20N4O5S. The molecule has 1 aliphatic carbocycles. The lowest BCUT2D eigenvalue weighted by molar-refractivity contribution is 0.267. The predicted octanol–water partition coefficient (Wildman–Crippen LogP) is -0.244. The Morgan fingerprint density at radius 1 is 1.30 bits per heavy atom. The highest BCUT2D eigenvalue weighted by Crippen LogP contribution is 2.43. The van der Waals surface area contributed by atoms with Crippen LogP contribution in [0.25, 0.3) is 10.9 Å². The van der Waals surface area contributed by atoms with Crippen LogP contribution in [0.1, 0.15) is 20.3 Å². The maximum Gasteiger partial charge on any atom is 0.331 e. The summed E-state index contributed by atoms with van der Waals surface area (Å²) in [6.45, 7) is 3.62. The van der Waals surface area contributed by atoms with Crippen molar-refractivity contribution in [2.75, 3.05) is 6.61 Å². The number of aryl methyl sites for hydroxylation is 1. The van der Waals surface area contributed by atoms with Crippen LogP contribution in [0, 0.1) is 17.2 Å². The molecule has 1 aromatic carbocycles. The first-order chi connectivity index (χ1) is 12.7. The number of nitrogens with zero attached hydrogens (tertiary/aromatic N) is 3. The molecule has 0 radical (unpaired) electrons. The van der Waals surface area contributed by atoms with Crippen LogP contribution in [0.2, 0.25) is 0 Å². The molecule has 0 saturated heterocycles. The monoisotopic (exact) mass is 392 g/mol. The third-order valence-corrected chi connectivity index (χ3v) is 6.49. The number of hydrogen-bond donors (Lipinski definition) is 2. The lowest BCUT2D eigenvalue weighted by Gasteiger charge is -2.14. The molecule has 1 fully saturated rings. The van der Waals surface area contributed by atoms with Crippen LogP contribution in [-0.4, -0.2) is 34.8 Å². The third-order valence-electron chi connectivity index (χ3n) is 4.98. The standard InChI is InChI=1S/C17H20N4O5S/c1-3-20-14-6-5-12(7-13(14)15(23)21(4-2)16(20)24)27(25,26)19-17(10-18)8-11(17)9-22/h5-7,11,19,22H,3-4,8-9H2,1-2H3/t11-,17-/m1/s1. The van der Waals surface area contributed by atoms with E-state index in [0.29, 0.717) is 12.1 Å².